The fourth-order valence-electron chi connectivity index (χ4n) is 5.05. The van der Waals surface area contributed by atoms with Crippen molar-refractivity contribution in [3.05, 3.63) is 108 Å². The Morgan fingerprint density at radius 1 is 0.895 bits per heavy atom. The van der Waals surface area contributed by atoms with Gasteiger partial charge in [0.05, 0.1) is 0 Å². The predicted octanol–water partition coefficient (Wildman–Crippen LogP) is 6.36. The number of phenolic OH excluding ortho intramolecular Hbond substituents is 1. The molecule has 0 saturated heterocycles. The number of anilines is 1. The summed E-state index contributed by atoms with van der Waals surface area (Å²) in [6.45, 7) is 0. The van der Waals surface area contributed by atoms with Gasteiger partial charge in [-0.3, -0.25) is 14.5 Å². The van der Waals surface area contributed by atoms with Gasteiger partial charge in [0, 0.05) is 23.5 Å². The number of nitrogens with one attached hydrogen (secondary N) is 2. The van der Waals surface area contributed by atoms with E-state index in [0.29, 0.717) is 11.3 Å². The van der Waals surface area contributed by atoms with Crippen LogP contribution in [0.25, 0.3) is 11.3 Å². The number of phenols is 1. The van der Waals surface area contributed by atoms with Crippen LogP contribution < -0.4 is 10.2 Å². The number of aromatic nitrogens is 1. The summed E-state index contributed by atoms with van der Waals surface area (Å²) in [5.74, 6) is -1.28. The molecule has 1 aromatic heterocycles. The van der Waals surface area contributed by atoms with Crippen molar-refractivity contribution in [2.75, 3.05) is 4.90 Å². The summed E-state index contributed by atoms with van der Waals surface area (Å²) in [5, 5.41) is 13.4. The van der Waals surface area contributed by atoms with Crippen LogP contribution in [0.1, 0.15) is 54.2 Å². The average Bonchev–Trinajstić information content (AvgIpc) is 3.44. The van der Waals surface area contributed by atoms with Crippen LogP contribution in [0.3, 0.4) is 0 Å². The second-order valence-corrected chi connectivity index (χ2v) is 9.64. The molecule has 1 saturated carbocycles. The van der Waals surface area contributed by atoms with Crippen molar-refractivity contribution in [3.8, 4) is 17.0 Å². The largest absolute Gasteiger partial charge is 0.508 e. The van der Waals surface area contributed by atoms with E-state index in [0.717, 1.165) is 43.4 Å². The van der Waals surface area contributed by atoms with Crippen molar-refractivity contribution in [2.45, 2.75) is 44.2 Å². The maximum Gasteiger partial charge on any atom is 0.275 e. The number of hydrogen-bond donors (Lipinski definition) is 3. The molecule has 4 aromatic rings. The summed E-state index contributed by atoms with van der Waals surface area (Å²) in [6.07, 6.45) is 4.95. The molecular formula is C31H30FN3O3. The summed E-state index contributed by atoms with van der Waals surface area (Å²) in [6, 6.07) is 23.9. The fraction of sp³-hybridized carbons (Fsp3) is 0.226. The van der Waals surface area contributed by atoms with E-state index in [1.807, 2.05) is 36.4 Å². The molecule has 2 amide bonds. The number of rotatable bonds is 7. The normalized spacial score (nSPS) is 14.6. The predicted molar refractivity (Wildman–Crippen MR) is 145 cm³/mol. The molecule has 1 atom stereocenters. The quantitative estimate of drug-likeness (QED) is 0.270. The molecule has 6 nitrogen and oxygen atoms in total. The van der Waals surface area contributed by atoms with Gasteiger partial charge in [-0.25, -0.2) is 4.39 Å². The molecule has 1 aliphatic rings. The van der Waals surface area contributed by atoms with Gasteiger partial charge >= 0.3 is 0 Å². The van der Waals surface area contributed by atoms with Crippen molar-refractivity contribution < 1.29 is 19.1 Å². The number of aromatic hydroxyl groups is 1. The topological polar surface area (TPSA) is 85.4 Å². The number of halogens is 1. The number of H-pyrrole nitrogens is 1. The third-order valence-electron chi connectivity index (χ3n) is 6.97. The summed E-state index contributed by atoms with van der Waals surface area (Å²) in [5.41, 5.74) is 2.77. The number of amides is 2. The van der Waals surface area contributed by atoms with E-state index >= 15 is 0 Å². The minimum atomic E-state index is -1.09. The number of carbonyl (C=O) groups excluding carboxylic acids is 2. The average molecular weight is 512 g/mol. The molecule has 0 unspecified atom stereocenters. The molecule has 0 aliphatic heterocycles. The Hall–Kier alpha value is -4.39. The van der Waals surface area contributed by atoms with Crippen LogP contribution in [-0.4, -0.2) is 27.9 Å². The highest BCUT2D eigenvalue weighted by Crippen LogP contribution is 2.33. The van der Waals surface area contributed by atoms with Gasteiger partial charge in [-0.15, -0.1) is 0 Å². The molecule has 0 spiro atoms. The SMILES string of the molecule is O=C(NC1CCCCC1)[C@@H](c1ccc(F)cc1)N(C(=O)c1ccc(-c2ccccc2)[nH]1)c1cccc(O)c1. The molecular weight excluding hydrogens is 481 g/mol. The van der Waals surface area contributed by atoms with Gasteiger partial charge in [0.25, 0.3) is 5.91 Å². The van der Waals surface area contributed by atoms with Crippen LogP contribution in [0.4, 0.5) is 10.1 Å². The minimum absolute atomic E-state index is 0.00972. The molecule has 3 aromatic carbocycles. The van der Waals surface area contributed by atoms with E-state index in [1.54, 1.807) is 18.2 Å². The van der Waals surface area contributed by atoms with Crippen LogP contribution in [0.15, 0.2) is 91.0 Å². The monoisotopic (exact) mass is 511 g/mol. The number of benzene rings is 3. The van der Waals surface area contributed by atoms with Crippen LogP contribution in [0.5, 0.6) is 5.75 Å². The fourth-order valence-corrected chi connectivity index (χ4v) is 5.05. The van der Waals surface area contributed by atoms with E-state index in [2.05, 4.69) is 10.3 Å². The van der Waals surface area contributed by atoms with Crippen molar-refractivity contribution in [1.82, 2.24) is 10.3 Å². The third-order valence-corrected chi connectivity index (χ3v) is 6.97. The molecule has 3 N–H and O–H groups in total. The molecule has 1 fully saturated rings. The lowest BCUT2D eigenvalue weighted by Gasteiger charge is -2.33. The van der Waals surface area contributed by atoms with Crippen molar-refractivity contribution in [1.29, 1.82) is 0 Å². The van der Waals surface area contributed by atoms with Gasteiger partial charge in [-0.05, 0) is 60.4 Å². The maximum absolute atomic E-state index is 14.1. The Bertz CT molecular complexity index is 1400. The molecule has 0 radical (unpaired) electrons. The van der Waals surface area contributed by atoms with E-state index < -0.39 is 17.8 Å². The van der Waals surface area contributed by atoms with E-state index in [-0.39, 0.29) is 23.4 Å². The maximum atomic E-state index is 14.1. The summed E-state index contributed by atoms with van der Waals surface area (Å²) < 4.78 is 13.9. The lowest BCUT2D eigenvalue weighted by Crippen LogP contribution is -2.47. The summed E-state index contributed by atoms with van der Waals surface area (Å²) in [4.78, 5) is 32.6. The smallest absolute Gasteiger partial charge is 0.275 e. The van der Waals surface area contributed by atoms with E-state index in [1.165, 1.54) is 41.3 Å². The second kappa shape index (κ2) is 11.3. The third kappa shape index (κ3) is 5.62. The zero-order chi connectivity index (χ0) is 26.5. The Balaban J connectivity index is 1.57. The first kappa shape index (κ1) is 25.3. The number of nitrogens with zero attached hydrogens (tertiary/aromatic N) is 1. The van der Waals surface area contributed by atoms with Gasteiger partial charge in [-0.2, -0.15) is 0 Å². The second-order valence-electron chi connectivity index (χ2n) is 9.64. The van der Waals surface area contributed by atoms with Crippen LogP contribution in [0.2, 0.25) is 0 Å². The first-order valence-electron chi connectivity index (χ1n) is 12.9. The summed E-state index contributed by atoms with van der Waals surface area (Å²) >= 11 is 0. The van der Waals surface area contributed by atoms with Gasteiger partial charge in [0.1, 0.15) is 23.3 Å². The van der Waals surface area contributed by atoms with Crippen LogP contribution in [-0.2, 0) is 4.79 Å². The number of hydrogen-bond acceptors (Lipinski definition) is 3. The Labute approximate surface area is 221 Å². The molecule has 7 heteroatoms. The van der Waals surface area contributed by atoms with Crippen molar-refractivity contribution >= 4 is 17.5 Å². The van der Waals surface area contributed by atoms with E-state index in [4.69, 9.17) is 0 Å². The van der Waals surface area contributed by atoms with Gasteiger partial charge in [0.2, 0.25) is 5.91 Å². The highest BCUT2D eigenvalue weighted by atomic mass is 19.1. The van der Waals surface area contributed by atoms with Crippen LogP contribution in [0, 0.1) is 5.82 Å². The molecule has 38 heavy (non-hydrogen) atoms. The molecule has 194 valence electrons. The first-order valence-corrected chi connectivity index (χ1v) is 12.9. The summed E-state index contributed by atoms with van der Waals surface area (Å²) in [7, 11) is 0. The zero-order valence-electron chi connectivity index (χ0n) is 20.9. The standard InChI is InChI=1S/C31H30FN3O3/c32-23-16-14-22(15-17-23)29(30(37)33-24-10-5-2-6-11-24)35(25-12-7-13-26(36)20-25)31(38)28-19-18-27(34-28)21-8-3-1-4-9-21/h1,3-4,7-9,12-20,24,29,34,36H,2,5-6,10-11H2,(H,33,37)/t29-/m1/s1. The lowest BCUT2D eigenvalue weighted by atomic mass is 9.94. The van der Waals surface area contributed by atoms with Gasteiger partial charge in [0.15, 0.2) is 0 Å². The molecule has 1 heterocycles. The molecule has 0 bridgehead atoms. The Kier molecular flexibility index (Phi) is 7.54. The first-order chi connectivity index (χ1) is 18.5. The highest BCUT2D eigenvalue weighted by molar-refractivity contribution is 6.09. The number of aromatic amines is 1. The zero-order valence-corrected chi connectivity index (χ0v) is 20.9. The molecule has 5 rings (SSSR count). The Morgan fingerprint density at radius 2 is 1.63 bits per heavy atom. The lowest BCUT2D eigenvalue weighted by molar-refractivity contribution is -0.123. The van der Waals surface area contributed by atoms with Crippen molar-refractivity contribution in [3.63, 3.8) is 0 Å². The minimum Gasteiger partial charge on any atom is -0.508 e. The van der Waals surface area contributed by atoms with Crippen molar-refractivity contribution in [2.24, 2.45) is 0 Å². The molecule has 1 aliphatic carbocycles. The number of carbonyl (C=O) groups is 2. The highest BCUT2D eigenvalue weighted by Gasteiger charge is 2.35. The van der Waals surface area contributed by atoms with Gasteiger partial charge in [-0.1, -0.05) is 67.8 Å². The van der Waals surface area contributed by atoms with Crippen LogP contribution >= 0.6 is 0 Å². The van der Waals surface area contributed by atoms with E-state index in [9.17, 15) is 19.1 Å². The van der Waals surface area contributed by atoms with Gasteiger partial charge < -0.3 is 15.4 Å². The Morgan fingerprint density at radius 3 is 2.34 bits per heavy atom.